The van der Waals surface area contributed by atoms with Crippen LogP contribution in [0, 0.1) is 12.8 Å². The number of hydrogen-bond acceptors (Lipinski definition) is 4. The Kier molecular flexibility index (Phi) is 6.47. The minimum atomic E-state index is 0.0342. The summed E-state index contributed by atoms with van der Waals surface area (Å²) in [7, 11) is 1.54. The topological polar surface area (TPSA) is 62.7 Å². The molecule has 0 N–H and O–H groups in total. The molecule has 0 saturated carbocycles. The summed E-state index contributed by atoms with van der Waals surface area (Å²) >= 11 is 0. The zero-order chi connectivity index (χ0) is 19.4. The number of piperidine rings is 2. The number of methoxy groups -OCH3 is 1. The van der Waals surface area contributed by atoms with Crippen molar-refractivity contribution < 1.29 is 14.3 Å². The molecule has 27 heavy (non-hydrogen) atoms. The molecule has 3 rings (SSSR count). The summed E-state index contributed by atoms with van der Waals surface area (Å²) in [5.74, 6) is 1.06. The number of carbonyl (C=O) groups excluding carboxylic acids is 2. The van der Waals surface area contributed by atoms with Crippen molar-refractivity contribution in [2.75, 3.05) is 39.9 Å². The van der Waals surface area contributed by atoms with E-state index in [1.807, 2.05) is 28.9 Å². The number of ether oxygens (including phenoxy) is 1. The molecule has 0 spiro atoms. The molecule has 0 aromatic carbocycles. The number of amides is 2. The largest absolute Gasteiger partial charge is 0.375 e. The van der Waals surface area contributed by atoms with Gasteiger partial charge in [-0.2, -0.15) is 0 Å². The third-order valence-electron chi connectivity index (χ3n) is 5.87. The molecule has 148 valence electrons. The SMILES string of the molecule is COCC(=O)N1CCC(c2nc(C)ccc2C(=O)N2CCC(C)CC2)CC1. The van der Waals surface area contributed by atoms with Gasteiger partial charge in [-0.15, -0.1) is 0 Å². The van der Waals surface area contributed by atoms with Gasteiger partial charge in [0.15, 0.2) is 0 Å². The zero-order valence-electron chi connectivity index (χ0n) is 16.7. The third kappa shape index (κ3) is 4.67. The monoisotopic (exact) mass is 373 g/mol. The van der Waals surface area contributed by atoms with Gasteiger partial charge in [0.05, 0.1) is 11.3 Å². The molecule has 0 radical (unpaired) electrons. The first-order chi connectivity index (χ1) is 13.0. The number of aryl methyl sites for hydroxylation is 1. The standard InChI is InChI=1S/C21H31N3O3/c1-15-6-10-24(11-7-15)21(26)18-5-4-16(2)22-20(18)17-8-12-23(13-9-17)19(25)14-27-3/h4-5,15,17H,6-14H2,1-3H3. The predicted octanol–water partition coefficient (Wildman–Crippen LogP) is 2.61. The van der Waals surface area contributed by atoms with E-state index in [0.717, 1.165) is 55.7 Å². The van der Waals surface area contributed by atoms with Crippen molar-refractivity contribution in [3.63, 3.8) is 0 Å². The third-order valence-corrected chi connectivity index (χ3v) is 5.87. The molecule has 0 atom stereocenters. The minimum absolute atomic E-state index is 0.0342. The van der Waals surface area contributed by atoms with E-state index in [4.69, 9.17) is 9.72 Å². The maximum Gasteiger partial charge on any atom is 0.255 e. The number of likely N-dealkylation sites (tertiary alicyclic amines) is 2. The average Bonchev–Trinajstić information content (AvgIpc) is 2.68. The van der Waals surface area contributed by atoms with Crippen molar-refractivity contribution in [2.45, 2.75) is 45.4 Å². The first-order valence-corrected chi connectivity index (χ1v) is 10.0. The molecule has 1 aromatic rings. The van der Waals surface area contributed by atoms with Crippen LogP contribution in [0.2, 0.25) is 0 Å². The molecule has 6 nitrogen and oxygen atoms in total. The molecule has 6 heteroatoms. The number of aromatic nitrogens is 1. The van der Waals surface area contributed by atoms with Crippen molar-refractivity contribution in [3.8, 4) is 0 Å². The van der Waals surface area contributed by atoms with Gasteiger partial charge in [-0.1, -0.05) is 6.92 Å². The lowest BCUT2D eigenvalue weighted by Gasteiger charge is -2.34. The highest BCUT2D eigenvalue weighted by Gasteiger charge is 2.30. The predicted molar refractivity (Wildman–Crippen MR) is 104 cm³/mol. The van der Waals surface area contributed by atoms with Crippen LogP contribution in [0.5, 0.6) is 0 Å². The maximum absolute atomic E-state index is 13.1. The number of carbonyl (C=O) groups is 2. The second kappa shape index (κ2) is 8.83. The van der Waals surface area contributed by atoms with Crippen molar-refractivity contribution in [1.82, 2.24) is 14.8 Å². The van der Waals surface area contributed by atoms with E-state index in [-0.39, 0.29) is 24.3 Å². The van der Waals surface area contributed by atoms with Gasteiger partial charge in [-0.3, -0.25) is 14.6 Å². The maximum atomic E-state index is 13.1. The normalized spacial score (nSPS) is 19.4. The van der Waals surface area contributed by atoms with Gasteiger partial charge in [-0.05, 0) is 50.7 Å². The van der Waals surface area contributed by atoms with Gasteiger partial charge in [-0.25, -0.2) is 0 Å². The Bertz CT molecular complexity index is 675. The van der Waals surface area contributed by atoms with Crippen LogP contribution in [0.4, 0.5) is 0 Å². The summed E-state index contributed by atoms with van der Waals surface area (Å²) in [4.78, 5) is 33.8. The highest BCUT2D eigenvalue weighted by Crippen LogP contribution is 2.30. The molecule has 1 aromatic heterocycles. The first kappa shape index (κ1) is 19.8. The van der Waals surface area contributed by atoms with E-state index in [9.17, 15) is 9.59 Å². The van der Waals surface area contributed by atoms with E-state index >= 15 is 0 Å². The van der Waals surface area contributed by atoms with E-state index in [1.165, 1.54) is 0 Å². The fourth-order valence-corrected chi connectivity index (χ4v) is 4.07. The molecule has 0 bridgehead atoms. The Balaban J connectivity index is 1.73. The number of hydrogen-bond donors (Lipinski definition) is 0. The molecular weight excluding hydrogens is 342 g/mol. The van der Waals surface area contributed by atoms with Gasteiger partial charge in [0, 0.05) is 44.9 Å². The summed E-state index contributed by atoms with van der Waals surface area (Å²) in [6.07, 6.45) is 3.81. The van der Waals surface area contributed by atoms with Crippen LogP contribution in [0.25, 0.3) is 0 Å². The fraction of sp³-hybridized carbons (Fsp3) is 0.667. The summed E-state index contributed by atoms with van der Waals surface area (Å²) in [6.45, 7) is 7.39. The Morgan fingerprint density at radius 3 is 2.33 bits per heavy atom. The van der Waals surface area contributed by atoms with Gasteiger partial charge in [0.2, 0.25) is 5.91 Å². The molecule has 2 fully saturated rings. The van der Waals surface area contributed by atoms with E-state index in [2.05, 4.69) is 6.92 Å². The van der Waals surface area contributed by atoms with Crippen molar-refractivity contribution >= 4 is 11.8 Å². The van der Waals surface area contributed by atoms with Crippen molar-refractivity contribution in [3.05, 3.63) is 29.1 Å². The van der Waals surface area contributed by atoms with Gasteiger partial charge in [0.25, 0.3) is 5.91 Å². The van der Waals surface area contributed by atoms with Gasteiger partial charge >= 0.3 is 0 Å². The Morgan fingerprint density at radius 1 is 1.07 bits per heavy atom. The Hall–Kier alpha value is -1.95. The van der Waals surface area contributed by atoms with Crippen molar-refractivity contribution in [1.29, 1.82) is 0 Å². The van der Waals surface area contributed by atoms with E-state index < -0.39 is 0 Å². The fourth-order valence-electron chi connectivity index (χ4n) is 4.07. The first-order valence-electron chi connectivity index (χ1n) is 10.0. The zero-order valence-corrected chi connectivity index (χ0v) is 16.7. The molecule has 2 aliphatic heterocycles. The molecule has 0 aliphatic carbocycles. The highest BCUT2D eigenvalue weighted by atomic mass is 16.5. The van der Waals surface area contributed by atoms with E-state index in [1.54, 1.807) is 7.11 Å². The van der Waals surface area contributed by atoms with Crippen LogP contribution in [-0.2, 0) is 9.53 Å². The average molecular weight is 373 g/mol. The summed E-state index contributed by atoms with van der Waals surface area (Å²) in [6, 6.07) is 3.88. The number of rotatable bonds is 4. The van der Waals surface area contributed by atoms with Crippen LogP contribution in [-0.4, -0.2) is 66.5 Å². The molecule has 2 saturated heterocycles. The second-order valence-corrected chi connectivity index (χ2v) is 7.95. The quantitative estimate of drug-likeness (QED) is 0.814. The lowest BCUT2D eigenvalue weighted by molar-refractivity contribution is -0.136. The lowest BCUT2D eigenvalue weighted by atomic mass is 9.89. The second-order valence-electron chi connectivity index (χ2n) is 7.95. The van der Waals surface area contributed by atoms with Crippen LogP contribution in [0.15, 0.2) is 12.1 Å². The van der Waals surface area contributed by atoms with Gasteiger partial charge in [0.1, 0.15) is 6.61 Å². The molecular formula is C21H31N3O3. The molecule has 2 aliphatic rings. The van der Waals surface area contributed by atoms with Crippen LogP contribution < -0.4 is 0 Å². The molecule has 2 amide bonds. The van der Waals surface area contributed by atoms with Crippen LogP contribution in [0.3, 0.4) is 0 Å². The van der Waals surface area contributed by atoms with Crippen LogP contribution >= 0.6 is 0 Å². The smallest absolute Gasteiger partial charge is 0.255 e. The van der Waals surface area contributed by atoms with Crippen LogP contribution in [0.1, 0.15) is 60.3 Å². The molecule has 0 unspecified atom stereocenters. The highest BCUT2D eigenvalue weighted by molar-refractivity contribution is 5.95. The Labute approximate surface area is 161 Å². The number of nitrogens with zero attached hydrogens (tertiary/aromatic N) is 3. The lowest BCUT2D eigenvalue weighted by Crippen LogP contribution is -2.41. The minimum Gasteiger partial charge on any atom is -0.375 e. The number of pyridine rings is 1. The van der Waals surface area contributed by atoms with E-state index in [0.29, 0.717) is 19.0 Å². The van der Waals surface area contributed by atoms with Gasteiger partial charge < -0.3 is 14.5 Å². The summed E-state index contributed by atoms with van der Waals surface area (Å²) in [5.41, 5.74) is 2.60. The Morgan fingerprint density at radius 2 is 1.70 bits per heavy atom. The molecule has 3 heterocycles. The van der Waals surface area contributed by atoms with Crippen molar-refractivity contribution in [2.24, 2.45) is 5.92 Å². The summed E-state index contributed by atoms with van der Waals surface area (Å²) < 4.78 is 4.96. The summed E-state index contributed by atoms with van der Waals surface area (Å²) in [5, 5.41) is 0.